The highest BCUT2D eigenvalue weighted by molar-refractivity contribution is 5.94. The zero-order valence-electron chi connectivity index (χ0n) is 16.3. The summed E-state index contributed by atoms with van der Waals surface area (Å²) < 4.78 is 12.3. The Bertz CT molecular complexity index is 975. The monoisotopic (exact) mass is 394 g/mol. The Morgan fingerprint density at radius 2 is 1.76 bits per heavy atom. The SMILES string of the molecule is COc1cc(NC(=O)CNc2ccc(-c3nnnn3C3CC3)cc2)cc(OC)c1. The number of hydrogen-bond donors (Lipinski definition) is 2. The molecule has 2 aromatic carbocycles. The first-order valence-electron chi connectivity index (χ1n) is 9.31. The van der Waals surface area contributed by atoms with Gasteiger partial charge in [0.05, 0.1) is 26.8 Å². The van der Waals surface area contributed by atoms with Crippen molar-refractivity contribution >= 4 is 17.3 Å². The Hall–Kier alpha value is -3.62. The van der Waals surface area contributed by atoms with Crippen LogP contribution in [0.4, 0.5) is 11.4 Å². The molecule has 1 heterocycles. The molecule has 0 atom stereocenters. The van der Waals surface area contributed by atoms with Crippen LogP contribution >= 0.6 is 0 Å². The number of amides is 1. The van der Waals surface area contributed by atoms with Gasteiger partial charge in [-0.15, -0.1) is 5.10 Å². The Morgan fingerprint density at radius 1 is 1.07 bits per heavy atom. The van der Waals surface area contributed by atoms with Crippen molar-refractivity contribution in [3.8, 4) is 22.9 Å². The summed E-state index contributed by atoms with van der Waals surface area (Å²) >= 11 is 0. The van der Waals surface area contributed by atoms with E-state index in [0.717, 1.165) is 29.9 Å². The van der Waals surface area contributed by atoms with Crippen LogP contribution in [0.2, 0.25) is 0 Å². The predicted octanol–water partition coefficient (Wildman–Crippen LogP) is 2.74. The number of nitrogens with one attached hydrogen (secondary N) is 2. The number of tetrazole rings is 1. The maximum absolute atomic E-state index is 12.3. The first-order valence-corrected chi connectivity index (χ1v) is 9.31. The molecule has 0 saturated heterocycles. The minimum atomic E-state index is -0.179. The molecule has 1 saturated carbocycles. The van der Waals surface area contributed by atoms with E-state index in [1.807, 2.05) is 28.9 Å². The number of anilines is 2. The van der Waals surface area contributed by atoms with Crippen molar-refractivity contribution in [2.45, 2.75) is 18.9 Å². The van der Waals surface area contributed by atoms with Crippen LogP contribution in [0, 0.1) is 0 Å². The fourth-order valence-electron chi connectivity index (χ4n) is 2.95. The zero-order chi connectivity index (χ0) is 20.2. The number of hydrogen-bond acceptors (Lipinski definition) is 7. The van der Waals surface area contributed by atoms with E-state index in [-0.39, 0.29) is 12.5 Å². The van der Waals surface area contributed by atoms with E-state index in [0.29, 0.717) is 23.2 Å². The van der Waals surface area contributed by atoms with Crippen LogP contribution in [-0.2, 0) is 4.79 Å². The molecule has 1 aromatic heterocycles. The van der Waals surface area contributed by atoms with Crippen LogP contribution in [0.25, 0.3) is 11.4 Å². The number of aromatic nitrogens is 4. The molecule has 29 heavy (non-hydrogen) atoms. The van der Waals surface area contributed by atoms with Gasteiger partial charge in [0.2, 0.25) is 5.91 Å². The number of benzene rings is 2. The summed E-state index contributed by atoms with van der Waals surface area (Å²) in [7, 11) is 3.13. The van der Waals surface area contributed by atoms with E-state index in [9.17, 15) is 4.79 Å². The maximum Gasteiger partial charge on any atom is 0.243 e. The van der Waals surface area contributed by atoms with Gasteiger partial charge in [-0.05, 0) is 47.5 Å². The highest BCUT2D eigenvalue weighted by Crippen LogP contribution is 2.36. The Kier molecular flexibility index (Phi) is 5.28. The first kappa shape index (κ1) is 18.7. The van der Waals surface area contributed by atoms with Crippen molar-refractivity contribution in [3.63, 3.8) is 0 Å². The van der Waals surface area contributed by atoms with Gasteiger partial charge in [0.1, 0.15) is 11.5 Å². The van der Waals surface area contributed by atoms with Crippen molar-refractivity contribution in [1.29, 1.82) is 0 Å². The molecule has 4 rings (SSSR count). The number of rotatable bonds is 8. The third kappa shape index (κ3) is 4.45. The van der Waals surface area contributed by atoms with Crippen LogP contribution in [0.5, 0.6) is 11.5 Å². The molecule has 0 bridgehead atoms. The van der Waals surface area contributed by atoms with E-state index in [1.165, 1.54) is 0 Å². The zero-order valence-corrected chi connectivity index (χ0v) is 16.3. The lowest BCUT2D eigenvalue weighted by Gasteiger charge is -2.11. The van der Waals surface area contributed by atoms with Gasteiger partial charge >= 0.3 is 0 Å². The van der Waals surface area contributed by atoms with E-state index < -0.39 is 0 Å². The van der Waals surface area contributed by atoms with Gasteiger partial charge in [0.15, 0.2) is 5.82 Å². The van der Waals surface area contributed by atoms with Crippen molar-refractivity contribution < 1.29 is 14.3 Å². The number of methoxy groups -OCH3 is 2. The van der Waals surface area contributed by atoms with Crippen LogP contribution in [0.15, 0.2) is 42.5 Å². The second kappa shape index (κ2) is 8.17. The molecular formula is C20H22N6O3. The molecule has 9 heteroatoms. The van der Waals surface area contributed by atoms with Crippen molar-refractivity contribution in [2.24, 2.45) is 0 Å². The molecule has 1 aliphatic rings. The first-order chi connectivity index (χ1) is 14.2. The fourth-order valence-corrected chi connectivity index (χ4v) is 2.95. The van der Waals surface area contributed by atoms with E-state index in [1.54, 1.807) is 32.4 Å². The summed E-state index contributed by atoms with van der Waals surface area (Å²) in [5.74, 6) is 1.80. The Balaban J connectivity index is 1.35. The molecule has 2 N–H and O–H groups in total. The van der Waals surface area contributed by atoms with E-state index >= 15 is 0 Å². The quantitative estimate of drug-likeness (QED) is 0.605. The highest BCUT2D eigenvalue weighted by Gasteiger charge is 2.28. The average molecular weight is 394 g/mol. The van der Waals surface area contributed by atoms with Gasteiger partial charge in [0.25, 0.3) is 0 Å². The van der Waals surface area contributed by atoms with E-state index in [2.05, 4.69) is 26.2 Å². The Morgan fingerprint density at radius 3 is 2.38 bits per heavy atom. The lowest BCUT2D eigenvalue weighted by molar-refractivity contribution is -0.114. The smallest absolute Gasteiger partial charge is 0.243 e. The molecule has 1 amide bonds. The van der Waals surface area contributed by atoms with Crippen LogP contribution < -0.4 is 20.1 Å². The van der Waals surface area contributed by atoms with Crippen LogP contribution in [0.1, 0.15) is 18.9 Å². The lowest BCUT2D eigenvalue weighted by atomic mass is 10.2. The lowest BCUT2D eigenvalue weighted by Crippen LogP contribution is -2.21. The highest BCUT2D eigenvalue weighted by atomic mass is 16.5. The van der Waals surface area contributed by atoms with Gasteiger partial charge in [-0.25, -0.2) is 4.68 Å². The normalized spacial score (nSPS) is 13.0. The van der Waals surface area contributed by atoms with Crippen LogP contribution in [-0.4, -0.2) is 46.9 Å². The van der Waals surface area contributed by atoms with Gasteiger partial charge in [-0.2, -0.15) is 0 Å². The average Bonchev–Trinajstić information content (AvgIpc) is 3.48. The van der Waals surface area contributed by atoms with E-state index in [4.69, 9.17) is 9.47 Å². The molecule has 1 fully saturated rings. The third-order valence-electron chi connectivity index (χ3n) is 4.62. The molecule has 0 radical (unpaired) electrons. The number of ether oxygens (including phenoxy) is 2. The molecule has 1 aliphatic carbocycles. The molecule has 3 aromatic rings. The second-order valence-electron chi connectivity index (χ2n) is 6.76. The second-order valence-corrected chi connectivity index (χ2v) is 6.76. The van der Waals surface area contributed by atoms with Crippen molar-refractivity contribution in [3.05, 3.63) is 42.5 Å². The van der Waals surface area contributed by atoms with Gasteiger partial charge in [-0.1, -0.05) is 0 Å². The summed E-state index contributed by atoms with van der Waals surface area (Å²) in [4.78, 5) is 12.3. The molecule has 9 nitrogen and oxygen atoms in total. The van der Waals surface area contributed by atoms with Crippen molar-refractivity contribution in [2.75, 3.05) is 31.4 Å². The molecule has 0 spiro atoms. The standard InChI is InChI=1S/C20H22N6O3/c1-28-17-9-15(10-18(11-17)29-2)22-19(27)12-21-14-5-3-13(4-6-14)20-23-24-25-26(20)16-7-8-16/h3-6,9-11,16,21H,7-8,12H2,1-2H3,(H,22,27). The Labute approximate surface area is 168 Å². The summed E-state index contributed by atoms with van der Waals surface area (Å²) in [6.45, 7) is 0.124. The van der Waals surface area contributed by atoms with Crippen LogP contribution in [0.3, 0.4) is 0 Å². The summed E-state index contributed by atoms with van der Waals surface area (Å²) in [5.41, 5.74) is 2.38. The summed E-state index contributed by atoms with van der Waals surface area (Å²) in [5, 5.41) is 17.9. The molecule has 0 unspecified atom stereocenters. The number of nitrogens with zero attached hydrogens (tertiary/aromatic N) is 4. The van der Waals surface area contributed by atoms with Gasteiger partial charge in [0, 0.05) is 35.1 Å². The van der Waals surface area contributed by atoms with Gasteiger partial charge in [-0.3, -0.25) is 4.79 Å². The largest absolute Gasteiger partial charge is 0.497 e. The molecule has 0 aliphatic heterocycles. The number of carbonyl (C=O) groups is 1. The maximum atomic E-state index is 12.3. The topological polar surface area (TPSA) is 103 Å². The summed E-state index contributed by atoms with van der Waals surface area (Å²) in [6.07, 6.45) is 2.23. The number of carbonyl (C=O) groups excluding carboxylic acids is 1. The minimum absolute atomic E-state index is 0.124. The predicted molar refractivity (Wildman–Crippen MR) is 108 cm³/mol. The van der Waals surface area contributed by atoms with Crippen molar-refractivity contribution in [1.82, 2.24) is 20.2 Å². The van der Waals surface area contributed by atoms with Gasteiger partial charge < -0.3 is 20.1 Å². The minimum Gasteiger partial charge on any atom is -0.497 e. The molecule has 150 valence electrons. The third-order valence-corrected chi connectivity index (χ3v) is 4.62. The molecular weight excluding hydrogens is 372 g/mol. The fraction of sp³-hybridized carbons (Fsp3) is 0.300. The summed E-state index contributed by atoms with van der Waals surface area (Å²) in [6, 6.07) is 13.3.